The Labute approximate surface area is 179 Å². The predicted octanol–water partition coefficient (Wildman–Crippen LogP) is 3.20. The molecule has 0 saturated carbocycles. The van der Waals surface area contributed by atoms with Gasteiger partial charge in [0, 0.05) is 36.3 Å². The van der Waals surface area contributed by atoms with Crippen LogP contribution in [0, 0.1) is 0 Å². The van der Waals surface area contributed by atoms with E-state index in [2.05, 4.69) is 32.8 Å². The van der Waals surface area contributed by atoms with E-state index in [4.69, 9.17) is 5.73 Å². The molecule has 0 fully saturated rings. The van der Waals surface area contributed by atoms with Gasteiger partial charge in [0.05, 0.1) is 0 Å². The van der Waals surface area contributed by atoms with Crippen molar-refractivity contribution < 1.29 is 9.90 Å². The number of tetrazole rings is 1. The minimum atomic E-state index is -0.522. The molecule has 0 aliphatic rings. The van der Waals surface area contributed by atoms with E-state index < -0.39 is 5.78 Å². The lowest BCUT2D eigenvalue weighted by molar-refractivity contribution is 0.103. The number of carbonyl (C=O) groups is 1. The van der Waals surface area contributed by atoms with Crippen molar-refractivity contribution >= 4 is 17.2 Å². The molecule has 0 amide bonds. The zero-order chi connectivity index (χ0) is 21.6. The maximum atomic E-state index is 12.3. The van der Waals surface area contributed by atoms with Crippen LogP contribution in [0.1, 0.15) is 32.9 Å². The number of nitrogens with one attached hydrogen (secondary N) is 1. The van der Waals surface area contributed by atoms with E-state index in [-0.39, 0.29) is 11.6 Å². The zero-order valence-electron chi connectivity index (χ0n) is 16.8. The molecule has 0 aliphatic carbocycles. The Morgan fingerprint density at radius 2 is 1.81 bits per heavy atom. The number of nitrogens with zero attached hydrogens (tertiary/aromatic N) is 4. The van der Waals surface area contributed by atoms with Crippen molar-refractivity contribution in [2.24, 2.45) is 0 Å². The van der Waals surface area contributed by atoms with Crippen LogP contribution in [0.5, 0.6) is 0 Å². The van der Waals surface area contributed by atoms with E-state index in [1.165, 1.54) is 5.56 Å². The van der Waals surface area contributed by atoms with Crippen LogP contribution in [0.25, 0.3) is 5.76 Å². The molecule has 4 rings (SSSR count). The van der Waals surface area contributed by atoms with Crippen LogP contribution in [0.4, 0.5) is 5.69 Å². The van der Waals surface area contributed by atoms with Crippen LogP contribution in [-0.4, -0.2) is 36.1 Å². The van der Waals surface area contributed by atoms with E-state index in [0.717, 1.165) is 23.6 Å². The van der Waals surface area contributed by atoms with Crippen molar-refractivity contribution in [3.63, 3.8) is 0 Å². The fourth-order valence-electron chi connectivity index (χ4n) is 3.37. The summed E-state index contributed by atoms with van der Waals surface area (Å²) in [7, 11) is 0. The Morgan fingerprint density at radius 1 is 1.03 bits per heavy atom. The van der Waals surface area contributed by atoms with Crippen LogP contribution >= 0.6 is 0 Å². The van der Waals surface area contributed by atoms with Crippen LogP contribution in [0.15, 0.2) is 73.1 Å². The summed E-state index contributed by atoms with van der Waals surface area (Å²) in [4.78, 5) is 12.3. The summed E-state index contributed by atoms with van der Waals surface area (Å²) < 4.78 is 1.99. The molecule has 2 heterocycles. The highest BCUT2D eigenvalue weighted by Crippen LogP contribution is 2.22. The number of aromatic amines is 1. The summed E-state index contributed by atoms with van der Waals surface area (Å²) in [6, 6.07) is 17.8. The second-order valence-electron chi connectivity index (χ2n) is 7.23. The van der Waals surface area contributed by atoms with Gasteiger partial charge in [0.15, 0.2) is 0 Å². The quantitative estimate of drug-likeness (QED) is 0.176. The van der Waals surface area contributed by atoms with Crippen molar-refractivity contribution in [2.75, 3.05) is 5.73 Å². The highest BCUT2D eigenvalue weighted by atomic mass is 16.3. The van der Waals surface area contributed by atoms with Crippen LogP contribution in [0.2, 0.25) is 0 Å². The number of aromatic nitrogens is 5. The second kappa shape index (κ2) is 9.08. The lowest BCUT2D eigenvalue weighted by Crippen LogP contribution is -2.00. The lowest BCUT2D eigenvalue weighted by Gasteiger charge is -2.04. The number of carbonyl (C=O) groups excluding carboxylic acids is 1. The zero-order valence-corrected chi connectivity index (χ0v) is 16.8. The number of benzene rings is 2. The van der Waals surface area contributed by atoms with Crippen molar-refractivity contribution in [3.05, 3.63) is 101 Å². The van der Waals surface area contributed by atoms with E-state index in [9.17, 15) is 9.90 Å². The summed E-state index contributed by atoms with van der Waals surface area (Å²) in [5.41, 5.74) is 10.3. The number of H-pyrrole nitrogens is 1. The van der Waals surface area contributed by atoms with Gasteiger partial charge in [0.25, 0.3) is 0 Å². The van der Waals surface area contributed by atoms with Gasteiger partial charge in [-0.1, -0.05) is 42.5 Å². The molecule has 4 N–H and O–H groups in total. The van der Waals surface area contributed by atoms with Gasteiger partial charge in [-0.3, -0.25) is 4.79 Å². The normalized spacial score (nSPS) is 11.5. The van der Waals surface area contributed by atoms with Gasteiger partial charge in [0.1, 0.15) is 5.76 Å². The molecule has 2 aromatic heterocycles. The fourth-order valence-corrected chi connectivity index (χ4v) is 3.37. The molecule has 0 bridgehead atoms. The summed E-state index contributed by atoms with van der Waals surface area (Å²) in [6.07, 6.45) is 6.48. The topological polar surface area (TPSA) is 123 Å². The third-order valence-corrected chi connectivity index (χ3v) is 4.94. The summed E-state index contributed by atoms with van der Waals surface area (Å²) >= 11 is 0. The average molecular weight is 414 g/mol. The Hall–Kier alpha value is -4.20. The first-order chi connectivity index (χ1) is 15.1. The molecule has 0 radical (unpaired) electrons. The molecule has 31 heavy (non-hydrogen) atoms. The highest BCUT2D eigenvalue weighted by Gasteiger charge is 2.15. The number of hydrogen-bond donors (Lipinski definition) is 3. The predicted molar refractivity (Wildman–Crippen MR) is 117 cm³/mol. The maximum Gasteiger partial charge on any atom is 0.244 e. The number of nitrogen functional groups attached to an aromatic ring is 1. The third-order valence-electron chi connectivity index (χ3n) is 4.94. The van der Waals surface area contributed by atoms with Gasteiger partial charge in [-0.15, -0.1) is 10.2 Å². The summed E-state index contributed by atoms with van der Waals surface area (Å²) in [5.74, 6) is -0.751. The largest absolute Gasteiger partial charge is 0.507 e. The van der Waals surface area contributed by atoms with E-state index >= 15 is 0 Å². The van der Waals surface area contributed by atoms with Crippen molar-refractivity contribution in [2.45, 2.75) is 19.4 Å². The molecule has 0 aliphatic heterocycles. The number of anilines is 1. The molecular formula is C23H22N6O2. The average Bonchev–Trinajstić information content (AvgIpc) is 3.45. The number of ketones is 1. The highest BCUT2D eigenvalue weighted by molar-refractivity contribution is 6.05. The molecular weight excluding hydrogens is 392 g/mol. The Bertz CT molecular complexity index is 1180. The molecule has 0 saturated heterocycles. The van der Waals surface area contributed by atoms with E-state index in [0.29, 0.717) is 24.2 Å². The van der Waals surface area contributed by atoms with Crippen molar-refractivity contribution in [1.82, 2.24) is 25.2 Å². The number of aliphatic hydroxyl groups is 1. The van der Waals surface area contributed by atoms with Gasteiger partial charge in [0.2, 0.25) is 11.6 Å². The number of nitrogens with two attached hydrogens (primary N) is 1. The summed E-state index contributed by atoms with van der Waals surface area (Å²) in [6.45, 7) is 0.616. The van der Waals surface area contributed by atoms with Gasteiger partial charge >= 0.3 is 0 Å². The first-order valence-electron chi connectivity index (χ1n) is 9.84. The van der Waals surface area contributed by atoms with Gasteiger partial charge in [-0.05, 0) is 46.9 Å². The van der Waals surface area contributed by atoms with E-state index in [1.807, 2.05) is 59.4 Å². The minimum absolute atomic E-state index is 0.0984. The molecule has 4 aromatic rings. The monoisotopic (exact) mass is 414 g/mol. The van der Waals surface area contributed by atoms with Gasteiger partial charge < -0.3 is 15.4 Å². The minimum Gasteiger partial charge on any atom is -0.507 e. The molecule has 156 valence electrons. The first-order valence-corrected chi connectivity index (χ1v) is 9.84. The number of hydrogen-bond acceptors (Lipinski definition) is 6. The second-order valence-corrected chi connectivity index (χ2v) is 7.23. The maximum absolute atomic E-state index is 12.3. The molecule has 0 unspecified atom stereocenters. The first kappa shape index (κ1) is 20.1. The molecule has 0 spiro atoms. The fraction of sp³-hybridized carbons (Fsp3) is 0.130. The number of aliphatic hydroxyl groups excluding tert-OH is 1. The SMILES string of the molecule is Nc1ccc(Cn2cc(CCc3ccccc3)c(C(O)=CC(=O)c3nn[nH]n3)c2)cc1. The number of rotatable bonds is 8. The van der Waals surface area contributed by atoms with Gasteiger partial charge in [-0.2, -0.15) is 5.21 Å². The summed E-state index contributed by atoms with van der Waals surface area (Å²) in [5, 5.41) is 23.6. The molecule has 0 atom stereocenters. The Balaban J connectivity index is 1.61. The van der Waals surface area contributed by atoms with Gasteiger partial charge in [-0.25, -0.2) is 0 Å². The van der Waals surface area contributed by atoms with Crippen LogP contribution in [-0.2, 0) is 19.4 Å². The van der Waals surface area contributed by atoms with Crippen LogP contribution in [0.3, 0.4) is 0 Å². The molecule has 8 nitrogen and oxygen atoms in total. The van der Waals surface area contributed by atoms with Crippen LogP contribution < -0.4 is 5.73 Å². The van der Waals surface area contributed by atoms with Crippen molar-refractivity contribution in [3.8, 4) is 0 Å². The number of allylic oxidation sites excluding steroid dienone is 1. The number of aryl methyl sites for hydroxylation is 2. The molecule has 2 aromatic carbocycles. The Kier molecular flexibility index (Phi) is 5.89. The molecule has 8 heteroatoms. The standard InChI is InChI=1S/C23H22N6O2/c24-19-10-7-17(8-11-19)13-29-14-18(9-6-16-4-2-1-3-5-16)20(15-29)21(30)12-22(31)23-25-27-28-26-23/h1-5,7-8,10-12,14-15,30H,6,9,13,24H2,(H,25,26,27,28). The van der Waals surface area contributed by atoms with Crippen molar-refractivity contribution in [1.29, 1.82) is 0 Å². The Morgan fingerprint density at radius 3 is 2.52 bits per heavy atom. The third kappa shape index (κ3) is 5.05. The lowest BCUT2D eigenvalue weighted by atomic mass is 10.0. The van der Waals surface area contributed by atoms with E-state index in [1.54, 1.807) is 0 Å². The smallest absolute Gasteiger partial charge is 0.244 e.